The molecule has 1 atom stereocenters. The van der Waals surface area contributed by atoms with Crippen LogP contribution in [0, 0.1) is 5.92 Å². The zero-order chi connectivity index (χ0) is 13.2. The summed E-state index contributed by atoms with van der Waals surface area (Å²) in [6, 6.07) is -0.385. The Morgan fingerprint density at radius 1 is 1.29 bits per heavy atom. The zero-order valence-corrected chi connectivity index (χ0v) is 11.4. The summed E-state index contributed by atoms with van der Waals surface area (Å²) < 4.78 is 5.35. The molecule has 1 saturated heterocycles. The van der Waals surface area contributed by atoms with Crippen LogP contribution in [0.5, 0.6) is 0 Å². The van der Waals surface area contributed by atoms with Gasteiger partial charge in [-0.05, 0) is 33.6 Å². The Labute approximate surface area is 103 Å². The van der Waals surface area contributed by atoms with E-state index in [0.717, 1.165) is 6.42 Å². The Kier molecular flexibility index (Phi) is 4.17. The van der Waals surface area contributed by atoms with Gasteiger partial charge in [0.25, 0.3) is 0 Å². The van der Waals surface area contributed by atoms with Crippen molar-refractivity contribution in [1.82, 2.24) is 4.90 Å². The Balaban J connectivity index is 2.70. The molecule has 1 heterocycles. The topological polar surface area (TPSA) is 46.6 Å². The first-order valence-electron chi connectivity index (χ1n) is 6.25. The molecule has 0 aliphatic carbocycles. The fraction of sp³-hybridized carbons (Fsp3) is 0.846. The highest BCUT2D eigenvalue weighted by Crippen LogP contribution is 2.22. The van der Waals surface area contributed by atoms with Gasteiger partial charge in [-0.1, -0.05) is 13.8 Å². The van der Waals surface area contributed by atoms with Gasteiger partial charge in [-0.15, -0.1) is 0 Å². The average Bonchev–Trinajstić information content (AvgIpc) is 2.61. The lowest BCUT2D eigenvalue weighted by molar-refractivity contribution is -0.163. The maximum Gasteiger partial charge on any atom is 0.329 e. The van der Waals surface area contributed by atoms with Gasteiger partial charge in [-0.2, -0.15) is 0 Å². The molecule has 1 rings (SSSR count). The molecule has 0 aromatic heterocycles. The number of esters is 1. The smallest absolute Gasteiger partial charge is 0.329 e. The van der Waals surface area contributed by atoms with Gasteiger partial charge in [0.2, 0.25) is 5.91 Å². The number of hydrogen-bond donors (Lipinski definition) is 0. The zero-order valence-electron chi connectivity index (χ0n) is 11.4. The highest BCUT2D eigenvalue weighted by Gasteiger charge is 2.37. The lowest BCUT2D eigenvalue weighted by Crippen LogP contribution is -2.45. The Bertz CT molecular complexity index is 304. The lowest BCUT2D eigenvalue weighted by Gasteiger charge is -2.28. The summed E-state index contributed by atoms with van der Waals surface area (Å²) in [6.45, 7) is 9.90. The molecule has 0 aromatic rings. The summed E-state index contributed by atoms with van der Waals surface area (Å²) in [5.74, 6) is -0.305. The number of carbonyl (C=O) groups excluding carboxylic acids is 2. The van der Waals surface area contributed by atoms with Crippen molar-refractivity contribution in [3.05, 3.63) is 0 Å². The molecule has 98 valence electrons. The number of nitrogens with zero attached hydrogens (tertiary/aromatic N) is 1. The number of hydrogen-bond acceptors (Lipinski definition) is 3. The Morgan fingerprint density at radius 3 is 2.35 bits per heavy atom. The van der Waals surface area contributed by atoms with Crippen molar-refractivity contribution >= 4 is 11.9 Å². The third-order valence-corrected chi connectivity index (χ3v) is 2.71. The minimum Gasteiger partial charge on any atom is -0.458 e. The average molecular weight is 241 g/mol. The van der Waals surface area contributed by atoms with E-state index in [9.17, 15) is 9.59 Å². The molecular weight excluding hydrogens is 218 g/mol. The number of amides is 1. The standard InChI is InChI=1S/C13H23NO3/c1-9(2)11(15)14-8-6-7-10(14)12(16)17-13(3,4)5/h9-10H,6-8H2,1-5H3/t10-/m1/s1. The molecule has 0 aromatic carbocycles. The minimum absolute atomic E-state index is 0.0401. The second kappa shape index (κ2) is 5.07. The highest BCUT2D eigenvalue weighted by molar-refractivity contribution is 5.86. The maximum absolute atomic E-state index is 12.0. The molecule has 4 nitrogen and oxygen atoms in total. The summed E-state index contributed by atoms with van der Waals surface area (Å²) in [4.78, 5) is 25.6. The largest absolute Gasteiger partial charge is 0.458 e. The van der Waals surface area contributed by atoms with E-state index >= 15 is 0 Å². The van der Waals surface area contributed by atoms with Gasteiger partial charge < -0.3 is 9.64 Å². The predicted molar refractivity (Wildman–Crippen MR) is 65.4 cm³/mol. The van der Waals surface area contributed by atoms with Crippen molar-refractivity contribution in [2.45, 2.75) is 59.1 Å². The first kappa shape index (κ1) is 14.0. The van der Waals surface area contributed by atoms with Gasteiger partial charge in [0.05, 0.1) is 0 Å². The van der Waals surface area contributed by atoms with Crippen molar-refractivity contribution in [3.63, 3.8) is 0 Å². The first-order chi connectivity index (χ1) is 7.72. The van der Waals surface area contributed by atoms with Crippen LogP contribution in [0.15, 0.2) is 0 Å². The van der Waals surface area contributed by atoms with Crippen molar-refractivity contribution in [3.8, 4) is 0 Å². The minimum atomic E-state index is -0.494. The molecule has 0 saturated carbocycles. The van der Waals surface area contributed by atoms with Crippen LogP contribution in [-0.2, 0) is 14.3 Å². The maximum atomic E-state index is 12.0. The van der Waals surface area contributed by atoms with E-state index in [2.05, 4.69) is 0 Å². The van der Waals surface area contributed by atoms with Gasteiger partial charge >= 0.3 is 5.97 Å². The molecule has 0 radical (unpaired) electrons. The molecule has 0 spiro atoms. The monoisotopic (exact) mass is 241 g/mol. The normalized spacial score (nSPS) is 20.8. The van der Waals surface area contributed by atoms with Crippen LogP contribution in [-0.4, -0.2) is 35.0 Å². The molecular formula is C13H23NO3. The van der Waals surface area contributed by atoms with E-state index in [-0.39, 0.29) is 23.8 Å². The van der Waals surface area contributed by atoms with Gasteiger partial charge in [0.1, 0.15) is 11.6 Å². The molecule has 0 bridgehead atoms. The second-order valence-corrected chi connectivity index (χ2v) is 5.88. The van der Waals surface area contributed by atoms with Gasteiger partial charge in [0.15, 0.2) is 0 Å². The number of ether oxygens (including phenoxy) is 1. The van der Waals surface area contributed by atoms with Crippen molar-refractivity contribution in [1.29, 1.82) is 0 Å². The molecule has 1 fully saturated rings. The molecule has 17 heavy (non-hydrogen) atoms. The van der Waals surface area contributed by atoms with E-state index < -0.39 is 5.60 Å². The quantitative estimate of drug-likeness (QED) is 0.694. The predicted octanol–water partition coefficient (Wildman–Crippen LogP) is 1.98. The third-order valence-electron chi connectivity index (χ3n) is 2.71. The number of carbonyl (C=O) groups is 2. The molecule has 1 aliphatic heterocycles. The molecule has 1 amide bonds. The molecule has 0 unspecified atom stereocenters. The highest BCUT2D eigenvalue weighted by atomic mass is 16.6. The molecule has 1 aliphatic rings. The van der Waals surface area contributed by atoms with Gasteiger partial charge in [-0.3, -0.25) is 4.79 Å². The van der Waals surface area contributed by atoms with Crippen LogP contribution >= 0.6 is 0 Å². The SMILES string of the molecule is CC(C)C(=O)N1CCC[C@@H]1C(=O)OC(C)(C)C. The first-order valence-corrected chi connectivity index (χ1v) is 6.25. The van der Waals surface area contributed by atoms with E-state index in [1.165, 1.54) is 0 Å². The summed E-state index contributed by atoms with van der Waals surface area (Å²) >= 11 is 0. The summed E-state index contributed by atoms with van der Waals surface area (Å²) in [6.07, 6.45) is 1.59. The summed E-state index contributed by atoms with van der Waals surface area (Å²) in [5.41, 5.74) is -0.494. The molecule has 4 heteroatoms. The van der Waals surface area contributed by atoms with Gasteiger partial charge in [-0.25, -0.2) is 4.79 Å². The van der Waals surface area contributed by atoms with Crippen molar-refractivity contribution in [2.75, 3.05) is 6.54 Å². The van der Waals surface area contributed by atoms with E-state index in [4.69, 9.17) is 4.74 Å². The van der Waals surface area contributed by atoms with Crippen LogP contribution in [0.4, 0.5) is 0 Å². The fourth-order valence-electron chi connectivity index (χ4n) is 1.98. The van der Waals surface area contributed by atoms with E-state index in [1.54, 1.807) is 4.90 Å². The fourth-order valence-corrected chi connectivity index (χ4v) is 1.98. The van der Waals surface area contributed by atoms with Crippen molar-refractivity contribution < 1.29 is 14.3 Å². The van der Waals surface area contributed by atoms with Crippen LogP contribution in [0.3, 0.4) is 0 Å². The summed E-state index contributed by atoms with van der Waals surface area (Å²) in [7, 11) is 0. The number of rotatable bonds is 2. The van der Waals surface area contributed by atoms with Crippen LogP contribution < -0.4 is 0 Å². The van der Waals surface area contributed by atoms with Crippen molar-refractivity contribution in [2.24, 2.45) is 5.92 Å². The van der Waals surface area contributed by atoms with E-state index in [0.29, 0.717) is 13.0 Å². The van der Waals surface area contributed by atoms with Crippen LogP contribution in [0.2, 0.25) is 0 Å². The Hall–Kier alpha value is -1.06. The lowest BCUT2D eigenvalue weighted by atomic mass is 10.1. The van der Waals surface area contributed by atoms with Crippen LogP contribution in [0.1, 0.15) is 47.5 Å². The van der Waals surface area contributed by atoms with Crippen LogP contribution in [0.25, 0.3) is 0 Å². The Morgan fingerprint density at radius 2 is 1.88 bits per heavy atom. The summed E-state index contributed by atoms with van der Waals surface area (Å²) in [5, 5.41) is 0. The third kappa shape index (κ3) is 3.72. The number of likely N-dealkylation sites (tertiary alicyclic amines) is 1. The second-order valence-electron chi connectivity index (χ2n) is 5.88. The molecule has 0 N–H and O–H groups in total. The van der Waals surface area contributed by atoms with Gasteiger partial charge in [0, 0.05) is 12.5 Å². The van der Waals surface area contributed by atoms with E-state index in [1.807, 2.05) is 34.6 Å².